The summed E-state index contributed by atoms with van der Waals surface area (Å²) < 4.78 is 10.1. The highest BCUT2D eigenvalue weighted by atomic mass is 16.6. The van der Waals surface area contributed by atoms with Gasteiger partial charge in [-0.2, -0.15) is 0 Å². The molecule has 3 rings (SSSR count). The molecule has 3 aromatic rings. The lowest BCUT2D eigenvalue weighted by Gasteiger charge is -2.05. The van der Waals surface area contributed by atoms with Gasteiger partial charge in [-0.25, -0.2) is 4.79 Å². The SMILES string of the molecule is COC(=O)c1c(NCc2ccccc2)noc1-c1ccc([N+](=O)[O-])cc1. The molecule has 0 aliphatic carbocycles. The van der Waals surface area contributed by atoms with Crippen molar-refractivity contribution in [2.75, 3.05) is 12.4 Å². The molecule has 2 aromatic carbocycles. The first-order valence-electron chi connectivity index (χ1n) is 7.70. The number of carbonyl (C=O) groups is 1. The molecule has 132 valence electrons. The van der Waals surface area contributed by atoms with Crippen LogP contribution in [0, 0.1) is 10.1 Å². The molecule has 26 heavy (non-hydrogen) atoms. The van der Waals surface area contributed by atoms with Crippen molar-refractivity contribution < 1.29 is 19.0 Å². The lowest BCUT2D eigenvalue weighted by Crippen LogP contribution is -2.08. The van der Waals surface area contributed by atoms with E-state index in [-0.39, 0.29) is 22.8 Å². The van der Waals surface area contributed by atoms with Crippen molar-refractivity contribution in [2.45, 2.75) is 6.54 Å². The molecule has 0 saturated heterocycles. The Labute approximate surface area is 148 Å². The van der Waals surface area contributed by atoms with Crippen LogP contribution >= 0.6 is 0 Å². The molecule has 1 N–H and O–H groups in total. The van der Waals surface area contributed by atoms with Crippen molar-refractivity contribution in [2.24, 2.45) is 0 Å². The largest absolute Gasteiger partial charge is 0.465 e. The Kier molecular flexibility index (Phi) is 4.93. The number of hydrogen-bond acceptors (Lipinski definition) is 7. The first-order valence-corrected chi connectivity index (χ1v) is 7.70. The van der Waals surface area contributed by atoms with E-state index in [0.29, 0.717) is 12.1 Å². The number of rotatable bonds is 6. The minimum absolute atomic E-state index is 0.0599. The molecule has 0 aliphatic heterocycles. The highest BCUT2D eigenvalue weighted by molar-refractivity contribution is 6.00. The zero-order valence-electron chi connectivity index (χ0n) is 13.8. The van der Waals surface area contributed by atoms with Crippen LogP contribution in [0.15, 0.2) is 59.1 Å². The fraction of sp³-hybridized carbons (Fsp3) is 0.111. The summed E-state index contributed by atoms with van der Waals surface area (Å²) in [6.45, 7) is 0.442. The minimum atomic E-state index is -0.616. The number of methoxy groups -OCH3 is 1. The van der Waals surface area contributed by atoms with E-state index in [9.17, 15) is 14.9 Å². The molecule has 0 unspecified atom stereocenters. The molecule has 1 heterocycles. The maximum absolute atomic E-state index is 12.2. The summed E-state index contributed by atoms with van der Waals surface area (Å²) in [5.41, 5.74) is 1.56. The first kappa shape index (κ1) is 17.2. The smallest absolute Gasteiger partial charge is 0.345 e. The van der Waals surface area contributed by atoms with E-state index in [1.54, 1.807) is 0 Å². The second kappa shape index (κ2) is 7.47. The van der Waals surface area contributed by atoms with E-state index in [0.717, 1.165) is 5.56 Å². The van der Waals surface area contributed by atoms with Gasteiger partial charge in [-0.05, 0) is 17.7 Å². The topological polar surface area (TPSA) is 108 Å². The number of anilines is 1. The van der Waals surface area contributed by atoms with Gasteiger partial charge in [0.2, 0.25) is 0 Å². The Morgan fingerprint density at radius 2 is 1.88 bits per heavy atom. The van der Waals surface area contributed by atoms with Crippen LogP contribution in [0.3, 0.4) is 0 Å². The molecule has 0 amide bonds. The Morgan fingerprint density at radius 1 is 1.19 bits per heavy atom. The third-order valence-electron chi connectivity index (χ3n) is 3.72. The molecule has 8 heteroatoms. The summed E-state index contributed by atoms with van der Waals surface area (Å²) in [5.74, 6) is -0.188. The average molecular weight is 353 g/mol. The fourth-order valence-electron chi connectivity index (χ4n) is 2.42. The Hall–Kier alpha value is -3.68. The van der Waals surface area contributed by atoms with E-state index < -0.39 is 10.9 Å². The number of esters is 1. The van der Waals surface area contributed by atoms with Gasteiger partial charge in [-0.15, -0.1) is 0 Å². The number of non-ortho nitro benzene ring substituents is 1. The quantitative estimate of drug-likeness (QED) is 0.409. The summed E-state index contributed by atoms with van der Waals surface area (Å²) in [6.07, 6.45) is 0. The van der Waals surface area contributed by atoms with Gasteiger partial charge < -0.3 is 14.6 Å². The maximum Gasteiger partial charge on any atom is 0.345 e. The number of nitro groups is 1. The lowest BCUT2D eigenvalue weighted by atomic mass is 10.1. The van der Waals surface area contributed by atoms with Crippen molar-refractivity contribution in [1.82, 2.24) is 5.16 Å². The van der Waals surface area contributed by atoms with Crippen LogP contribution < -0.4 is 5.32 Å². The van der Waals surface area contributed by atoms with Crippen molar-refractivity contribution in [3.05, 3.63) is 75.8 Å². The Balaban J connectivity index is 1.92. The van der Waals surface area contributed by atoms with Crippen molar-refractivity contribution in [3.8, 4) is 11.3 Å². The van der Waals surface area contributed by atoms with Crippen molar-refractivity contribution in [3.63, 3.8) is 0 Å². The molecule has 0 radical (unpaired) electrons. The molecule has 0 spiro atoms. The third kappa shape index (κ3) is 3.54. The van der Waals surface area contributed by atoms with Gasteiger partial charge in [0.05, 0.1) is 12.0 Å². The maximum atomic E-state index is 12.2. The van der Waals surface area contributed by atoms with Crippen LogP contribution in [-0.4, -0.2) is 23.2 Å². The number of carbonyl (C=O) groups excluding carboxylic acids is 1. The monoisotopic (exact) mass is 353 g/mol. The number of nitrogens with zero attached hydrogens (tertiary/aromatic N) is 2. The fourth-order valence-corrected chi connectivity index (χ4v) is 2.42. The lowest BCUT2D eigenvalue weighted by molar-refractivity contribution is -0.384. The molecule has 0 aliphatic rings. The Bertz CT molecular complexity index is 920. The van der Waals surface area contributed by atoms with E-state index in [2.05, 4.69) is 10.5 Å². The zero-order valence-corrected chi connectivity index (χ0v) is 13.8. The van der Waals surface area contributed by atoms with Crippen LogP contribution in [0.25, 0.3) is 11.3 Å². The first-order chi connectivity index (χ1) is 12.6. The number of benzene rings is 2. The van der Waals surface area contributed by atoms with Gasteiger partial charge in [0.1, 0.15) is 0 Å². The van der Waals surface area contributed by atoms with E-state index in [1.807, 2.05) is 30.3 Å². The number of ether oxygens (including phenoxy) is 1. The zero-order chi connectivity index (χ0) is 18.5. The number of nitro benzene ring substituents is 1. The standard InChI is InChI=1S/C18H15N3O5/c1-25-18(22)15-16(13-7-9-14(10-8-13)21(23)24)26-20-17(15)19-11-12-5-3-2-4-6-12/h2-10H,11H2,1H3,(H,19,20). The number of nitrogens with one attached hydrogen (secondary N) is 1. The number of aromatic nitrogens is 1. The predicted octanol–water partition coefficient (Wildman–Crippen LogP) is 3.65. The van der Waals surface area contributed by atoms with Crippen molar-refractivity contribution in [1.29, 1.82) is 0 Å². The van der Waals surface area contributed by atoms with Gasteiger partial charge in [-0.1, -0.05) is 35.5 Å². The summed E-state index contributed by atoms with van der Waals surface area (Å²) in [4.78, 5) is 22.5. The summed E-state index contributed by atoms with van der Waals surface area (Å²) in [6, 6.07) is 15.2. The van der Waals surface area contributed by atoms with Gasteiger partial charge in [0.25, 0.3) is 5.69 Å². The van der Waals surface area contributed by atoms with Gasteiger partial charge in [0.15, 0.2) is 17.1 Å². The predicted molar refractivity (Wildman–Crippen MR) is 93.7 cm³/mol. The van der Waals surface area contributed by atoms with E-state index in [1.165, 1.54) is 31.4 Å². The Morgan fingerprint density at radius 3 is 2.50 bits per heavy atom. The molecular weight excluding hydrogens is 338 g/mol. The summed E-state index contributed by atoms with van der Waals surface area (Å²) in [7, 11) is 1.26. The van der Waals surface area contributed by atoms with Gasteiger partial charge in [0, 0.05) is 24.2 Å². The number of hydrogen-bond donors (Lipinski definition) is 1. The minimum Gasteiger partial charge on any atom is -0.465 e. The molecule has 1 aromatic heterocycles. The third-order valence-corrected chi connectivity index (χ3v) is 3.72. The summed E-state index contributed by atoms with van der Waals surface area (Å²) >= 11 is 0. The van der Waals surface area contributed by atoms with E-state index in [4.69, 9.17) is 9.26 Å². The highest BCUT2D eigenvalue weighted by Gasteiger charge is 2.25. The normalized spacial score (nSPS) is 10.3. The molecule has 0 atom stereocenters. The van der Waals surface area contributed by atoms with Crippen LogP contribution in [0.4, 0.5) is 11.5 Å². The van der Waals surface area contributed by atoms with Gasteiger partial charge in [-0.3, -0.25) is 10.1 Å². The van der Waals surface area contributed by atoms with Crippen LogP contribution in [0.5, 0.6) is 0 Å². The van der Waals surface area contributed by atoms with E-state index >= 15 is 0 Å². The summed E-state index contributed by atoms with van der Waals surface area (Å²) in [5, 5.41) is 17.7. The second-order valence-corrected chi connectivity index (χ2v) is 5.37. The van der Waals surface area contributed by atoms with Crippen LogP contribution in [0.2, 0.25) is 0 Å². The van der Waals surface area contributed by atoms with Crippen LogP contribution in [0.1, 0.15) is 15.9 Å². The second-order valence-electron chi connectivity index (χ2n) is 5.37. The molecule has 0 bridgehead atoms. The van der Waals surface area contributed by atoms with Crippen molar-refractivity contribution >= 4 is 17.5 Å². The molecule has 0 saturated carbocycles. The van der Waals surface area contributed by atoms with Crippen LogP contribution in [-0.2, 0) is 11.3 Å². The van der Waals surface area contributed by atoms with Gasteiger partial charge >= 0.3 is 5.97 Å². The molecule has 8 nitrogen and oxygen atoms in total. The average Bonchev–Trinajstić information content (AvgIpc) is 3.10. The molecule has 0 fully saturated rings. The molecular formula is C18H15N3O5. The highest BCUT2D eigenvalue weighted by Crippen LogP contribution is 2.31.